The smallest absolute Gasteiger partial charge is 0.320 e. The molecule has 0 spiro atoms. The van der Waals surface area contributed by atoms with Crippen LogP contribution >= 0.6 is 0 Å². The second-order valence-electron chi connectivity index (χ2n) is 10.5. The molecule has 9 nitrogen and oxygen atoms in total. The lowest BCUT2D eigenvalue weighted by Crippen LogP contribution is -2.54. The van der Waals surface area contributed by atoms with E-state index in [0.717, 1.165) is 79.8 Å². The Labute approximate surface area is 216 Å². The number of piperidine rings is 1. The van der Waals surface area contributed by atoms with Crippen molar-refractivity contribution in [3.63, 3.8) is 0 Å². The minimum Gasteiger partial charge on any atom is -0.467 e. The van der Waals surface area contributed by atoms with Crippen molar-refractivity contribution >= 4 is 16.7 Å². The van der Waals surface area contributed by atoms with Gasteiger partial charge in [-0.2, -0.15) is 15.1 Å². The highest BCUT2D eigenvalue weighted by molar-refractivity contribution is 5.80. The lowest BCUT2D eigenvalue weighted by molar-refractivity contribution is -0.191. The van der Waals surface area contributed by atoms with Crippen molar-refractivity contribution in [3.05, 3.63) is 35.5 Å². The molecule has 3 aromatic rings. The van der Waals surface area contributed by atoms with Crippen LogP contribution in [0, 0.1) is 6.92 Å². The maximum atomic E-state index is 14.9. The van der Waals surface area contributed by atoms with Crippen LogP contribution in [0.1, 0.15) is 42.7 Å². The predicted molar refractivity (Wildman–Crippen MR) is 138 cm³/mol. The molecular formula is C27H35FN6O3. The van der Waals surface area contributed by atoms with Crippen LogP contribution in [0.2, 0.25) is 0 Å². The number of ether oxygens (including phenoxy) is 3. The first-order valence-corrected chi connectivity index (χ1v) is 13.2. The minimum atomic E-state index is -0.875. The topological polar surface area (TPSA) is 77.8 Å². The molecule has 1 unspecified atom stereocenters. The van der Waals surface area contributed by atoms with Gasteiger partial charge in [-0.25, -0.2) is 9.07 Å². The molecule has 0 bridgehead atoms. The molecule has 6 rings (SSSR count). The van der Waals surface area contributed by atoms with Crippen molar-refractivity contribution in [1.82, 2.24) is 24.6 Å². The second-order valence-corrected chi connectivity index (χ2v) is 10.5. The summed E-state index contributed by atoms with van der Waals surface area (Å²) in [7, 11) is 3.54. The molecule has 3 aliphatic heterocycles. The Kier molecular flexibility index (Phi) is 6.73. The van der Waals surface area contributed by atoms with Gasteiger partial charge in [-0.05, 0) is 69.5 Å². The van der Waals surface area contributed by atoms with E-state index in [1.54, 1.807) is 11.8 Å². The lowest BCUT2D eigenvalue weighted by atomic mass is 9.85. The Morgan fingerprint density at radius 3 is 2.65 bits per heavy atom. The average molecular weight is 511 g/mol. The van der Waals surface area contributed by atoms with E-state index in [1.165, 1.54) is 0 Å². The molecule has 0 saturated carbocycles. The normalized spacial score (nSPS) is 25.4. The summed E-state index contributed by atoms with van der Waals surface area (Å²) in [5.74, 6) is 1.30. The van der Waals surface area contributed by atoms with Crippen LogP contribution in [0.4, 0.5) is 10.2 Å². The van der Waals surface area contributed by atoms with E-state index in [9.17, 15) is 4.39 Å². The van der Waals surface area contributed by atoms with Crippen molar-refractivity contribution in [2.45, 2.75) is 57.1 Å². The summed E-state index contributed by atoms with van der Waals surface area (Å²) in [5.41, 5.74) is 2.97. The van der Waals surface area contributed by atoms with Crippen LogP contribution in [0.3, 0.4) is 0 Å². The van der Waals surface area contributed by atoms with E-state index < -0.39 is 6.17 Å². The molecule has 1 aromatic carbocycles. The lowest BCUT2D eigenvalue weighted by Gasteiger charge is -2.41. The molecule has 2 aromatic heterocycles. The van der Waals surface area contributed by atoms with Crippen molar-refractivity contribution in [3.8, 4) is 11.8 Å². The number of hydrogen-bond donors (Lipinski definition) is 0. The standard InChI is InChI=1S/C27H35FN6O3/c1-17-10-18-13-34(31-23(18)11-21(17)20-7-8-32(2)16-22(20)28)25-12-24(29-27(30-25)35-3)33-14-19(15-33)37-26-6-4-5-9-36-26/h10-13,19-20,22,26H,4-9,14-16H2,1-3H3/t20-,22-,26?/m1/s1. The van der Waals surface area contributed by atoms with Crippen LogP contribution in [0.5, 0.6) is 6.01 Å². The SMILES string of the molecule is COc1nc(N2CC(OC3CCCCO3)C2)cc(-n2cc3cc(C)c([C@H]4CCN(C)C[C@H]4F)cc3n2)n1. The molecule has 10 heteroatoms. The Bertz CT molecular complexity index is 1260. The molecule has 5 heterocycles. The number of anilines is 1. The average Bonchev–Trinajstić information content (AvgIpc) is 3.29. The van der Waals surface area contributed by atoms with Crippen LogP contribution in [-0.4, -0.2) is 90.2 Å². The summed E-state index contributed by atoms with van der Waals surface area (Å²) >= 11 is 0. The summed E-state index contributed by atoms with van der Waals surface area (Å²) in [5, 5.41) is 5.80. The molecule has 0 aliphatic carbocycles. The van der Waals surface area contributed by atoms with Crippen molar-refractivity contribution in [2.75, 3.05) is 51.8 Å². The molecule has 3 fully saturated rings. The molecule has 3 aliphatic rings. The number of likely N-dealkylation sites (tertiary alicyclic amines) is 1. The highest BCUT2D eigenvalue weighted by atomic mass is 19.1. The summed E-state index contributed by atoms with van der Waals surface area (Å²) in [6.45, 7) is 5.68. The van der Waals surface area contributed by atoms with Gasteiger partial charge in [-0.1, -0.05) is 0 Å². The number of methoxy groups -OCH3 is 1. The van der Waals surface area contributed by atoms with E-state index in [4.69, 9.17) is 19.3 Å². The quantitative estimate of drug-likeness (QED) is 0.498. The maximum Gasteiger partial charge on any atom is 0.320 e. The highest BCUT2D eigenvalue weighted by Crippen LogP contribution is 2.34. The number of benzene rings is 1. The van der Waals surface area contributed by atoms with Gasteiger partial charge < -0.3 is 24.0 Å². The zero-order valence-electron chi connectivity index (χ0n) is 21.8. The van der Waals surface area contributed by atoms with Gasteiger partial charge in [-0.15, -0.1) is 0 Å². The van der Waals surface area contributed by atoms with E-state index in [2.05, 4.69) is 32.8 Å². The van der Waals surface area contributed by atoms with Crippen LogP contribution in [0.25, 0.3) is 16.7 Å². The van der Waals surface area contributed by atoms with Crippen molar-refractivity contribution < 1.29 is 18.6 Å². The zero-order chi connectivity index (χ0) is 25.5. The first-order valence-electron chi connectivity index (χ1n) is 13.2. The highest BCUT2D eigenvalue weighted by Gasteiger charge is 2.33. The number of halogens is 1. The van der Waals surface area contributed by atoms with Gasteiger partial charge in [0.25, 0.3) is 0 Å². The third kappa shape index (κ3) is 5.02. The molecule has 0 N–H and O–H groups in total. The van der Waals surface area contributed by atoms with Gasteiger partial charge in [-0.3, -0.25) is 0 Å². The van der Waals surface area contributed by atoms with Crippen LogP contribution < -0.4 is 9.64 Å². The first kappa shape index (κ1) is 24.5. The number of rotatable bonds is 6. The van der Waals surface area contributed by atoms with E-state index >= 15 is 0 Å². The number of nitrogens with zero attached hydrogens (tertiary/aromatic N) is 6. The number of aryl methyl sites for hydroxylation is 1. The third-order valence-corrected chi connectivity index (χ3v) is 7.79. The van der Waals surface area contributed by atoms with Gasteiger partial charge in [0.15, 0.2) is 12.1 Å². The Hall–Kier alpha value is -2.82. The molecule has 3 saturated heterocycles. The van der Waals surface area contributed by atoms with Crippen molar-refractivity contribution in [2.24, 2.45) is 0 Å². The van der Waals surface area contributed by atoms with Crippen LogP contribution in [-0.2, 0) is 9.47 Å². The monoisotopic (exact) mass is 510 g/mol. The molecule has 0 amide bonds. The van der Waals surface area contributed by atoms with Gasteiger partial charge >= 0.3 is 6.01 Å². The number of aromatic nitrogens is 4. The summed E-state index contributed by atoms with van der Waals surface area (Å²) in [6, 6.07) is 6.36. The summed E-state index contributed by atoms with van der Waals surface area (Å²) < 4.78 is 33.9. The van der Waals surface area contributed by atoms with Crippen LogP contribution in [0.15, 0.2) is 24.4 Å². The van der Waals surface area contributed by atoms with Gasteiger partial charge in [0.1, 0.15) is 12.0 Å². The number of hydrogen-bond acceptors (Lipinski definition) is 8. The van der Waals surface area contributed by atoms with Crippen molar-refractivity contribution in [1.29, 1.82) is 0 Å². The summed E-state index contributed by atoms with van der Waals surface area (Å²) in [4.78, 5) is 13.3. The number of alkyl halides is 1. The zero-order valence-corrected chi connectivity index (χ0v) is 21.8. The van der Waals surface area contributed by atoms with E-state index in [-0.39, 0.29) is 24.3 Å². The molecule has 3 atom stereocenters. The van der Waals surface area contributed by atoms with Gasteiger partial charge in [0, 0.05) is 49.8 Å². The third-order valence-electron chi connectivity index (χ3n) is 7.79. The molecular weight excluding hydrogens is 475 g/mol. The number of fused-ring (bicyclic) bond motifs is 1. The Balaban J connectivity index is 1.22. The largest absolute Gasteiger partial charge is 0.467 e. The van der Waals surface area contributed by atoms with Gasteiger partial charge in [0.2, 0.25) is 0 Å². The predicted octanol–water partition coefficient (Wildman–Crippen LogP) is 3.62. The molecule has 0 radical (unpaired) electrons. The maximum absolute atomic E-state index is 14.9. The fourth-order valence-electron chi connectivity index (χ4n) is 5.64. The Morgan fingerprint density at radius 1 is 1.05 bits per heavy atom. The van der Waals surface area contributed by atoms with E-state index in [0.29, 0.717) is 12.4 Å². The molecule has 198 valence electrons. The minimum absolute atomic E-state index is 0.0940. The van der Waals surface area contributed by atoms with Gasteiger partial charge in [0.05, 0.1) is 18.7 Å². The molecule has 37 heavy (non-hydrogen) atoms. The van der Waals surface area contributed by atoms with E-state index in [1.807, 2.05) is 25.4 Å². The fraction of sp³-hybridized carbons (Fsp3) is 0.593. The second kappa shape index (κ2) is 10.2. The fourth-order valence-corrected chi connectivity index (χ4v) is 5.64. The summed E-state index contributed by atoms with van der Waals surface area (Å²) in [6.07, 6.45) is 5.15. The first-order chi connectivity index (χ1) is 18.0. The Morgan fingerprint density at radius 2 is 1.89 bits per heavy atom.